The molecule has 2 N–H and O–H groups in total. The van der Waals surface area contributed by atoms with Crippen molar-refractivity contribution in [1.82, 2.24) is 14.9 Å². The lowest BCUT2D eigenvalue weighted by molar-refractivity contribution is -0.143. The molecule has 20 heavy (non-hydrogen) atoms. The van der Waals surface area contributed by atoms with E-state index in [1.54, 1.807) is 0 Å². The summed E-state index contributed by atoms with van der Waals surface area (Å²) in [6, 6.07) is 0. The summed E-state index contributed by atoms with van der Waals surface area (Å²) in [5, 5.41) is 12.0. The summed E-state index contributed by atoms with van der Waals surface area (Å²) in [7, 11) is 0. The van der Waals surface area contributed by atoms with Gasteiger partial charge in [-0.3, -0.25) is 9.36 Å². The van der Waals surface area contributed by atoms with Crippen LogP contribution >= 0.6 is 0 Å². The molecule has 0 unspecified atom stereocenters. The minimum absolute atomic E-state index is 0.219. The highest BCUT2D eigenvalue weighted by Gasteiger charge is 2.25. The lowest BCUT2D eigenvalue weighted by atomic mass is 9.82. The molecule has 0 aromatic carbocycles. The number of rotatable bonds is 6. The van der Waals surface area contributed by atoms with Crippen molar-refractivity contribution in [2.24, 2.45) is 11.8 Å². The highest BCUT2D eigenvalue weighted by molar-refractivity contribution is 5.69. The summed E-state index contributed by atoms with van der Waals surface area (Å²) >= 11 is 0. The number of carboxylic acids is 1. The number of nitrogens with zero attached hydrogens (tertiary/aromatic N) is 2. The first-order valence-corrected chi connectivity index (χ1v) is 6.81. The first-order chi connectivity index (χ1) is 9.58. The normalized spacial score (nSPS) is 23.1. The molecule has 1 fully saturated rings. The van der Waals surface area contributed by atoms with Gasteiger partial charge in [-0.15, -0.1) is 0 Å². The van der Waals surface area contributed by atoms with Crippen molar-refractivity contribution in [2.75, 3.05) is 6.54 Å². The van der Waals surface area contributed by atoms with E-state index < -0.39 is 12.5 Å². The zero-order chi connectivity index (χ0) is 14.5. The number of carboxylic acid groups (broad SMARTS) is 1. The van der Waals surface area contributed by atoms with Crippen LogP contribution in [0.25, 0.3) is 0 Å². The molecule has 0 radical (unpaired) electrons. The average molecular weight is 287 g/mol. The molecule has 1 aliphatic carbocycles. The van der Waals surface area contributed by atoms with Crippen LogP contribution in [0.5, 0.6) is 0 Å². The minimum atomic E-state index is -2.57. The van der Waals surface area contributed by atoms with Gasteiger partial charge in [0.2, 0.25) is 0 Å². The zero-order valence-electron chi connectivity index (χ0n) is 11.1. The third-order valence-corrected chi connectivity index (χ3v) is 3.87. The Morgan fingerprint density at radius 1 is 1.45 bits per heavy atom. The summed E-state index contributed by atoms with van der Waals surface area (Å²) < 4.78 is 26.0. The summed E-state index contributed by atoms with van der Waals surface area (Å²) in [5.41, 5.74) is 0. The van der Waals surface area contributed by atoms with Crippen LogP contribution in [0.3, 0.4) is 0 Å². The van der Waals surface area contributed by atoms with Gasteiger partial charge in [-0.2, -0.15) is 8.78 Å². The summed E-state index contributed by atoms with van der Waals surface area (Å²) in [5.74, 6) is -0.195. The van der Waals surface area contributed by atoms with Gasteiger partial charge in [0.05, 0.1) is 12.5 Å². The Hall–Kier alpha value is -1.50. The van der Waals surface area contributed by atoms with E-state index in [0.29, 0.717) is 37.7 Å². The second kappa shape index (κ2) is 6.78. The number of aromatic nitrogens is 2. The largest absolute Gasteiger partial charge is 0.481 e. The first kappa shape index (κ1) is 14.9. The Balaban J connectivity index is 1.72. The Morgan fingerprint density at radius 2 is 2.15 bits per heavy atom. The van der Waals surface area contributed by atoms with Crippen LogP contribution < -0.4 is 5.32 Å². The predicted octanol–water partition coefficient (Wildman–Crippen LogP) is 2.26. The fourth-order valence-corrected chi connectivity index (χ4v) is 2.66. The third kappa shape index (κ3) is 3.75. The van der Waals surface area contributed by atoms with E-state index in [2.05, 4.69) is 10.3 Å². The number of nitrogens with one attached hydrogen (secondary N) is 1. The Morgan fingerprint density at radius 3 is 2.75 bits per heavy atom. The molecule has 0 spiro atoms. The molecule has 5 nitrogen and oxygen atoms in total. The molecule has 1 heterocycles. The summed E-state index contributed by atoms with van der Waals surface area (Å²) in [6.07, 6.45) is 5.77. The number of hydrogen-bond acceptors (Lipinski definition) is 3. The van der Waals surface area contributed by atoms with E-state index in [4.69, 9.17) is 5.11 Å². The lowest BCUT2D eigenvalue weighted by Crippen LogP contribution is -2.29. The van der Waals surface area contributed by atoms with Crippen LogP contribution in [0.4, 0.5) is 8.78 Å². The molecular formula is C13H19F2N3O2. The summed E-state index contributed by atoms with van der Waals surface area (Å²) in [6.45, 7) is -1.56. The quantitative estimate of drug-likeness (QED) is 0.842. The van der Waals surface area contributed by atoms with Crippen molar-refractivity contribution in [3.63, 3.8) is 0 Å². The van der Waals surface area contributed by atoms with E-state index in [1.807, 2.05) is 0 Å². The van der Waals surface area contributed by atoms with Crippen LogP contribution in [0.2, 0.25) is 0 Å². The monoisotopic (exact) mass is 287 g/mol. The average Bonchev–Trinajstić information content (AvgIpc) is 2.88. The second-order valence-corrected chi connectivity index (χ2v) is 5.22. The number of alkyl halides is 2. The van der Waals surface area contributed by atoms with Crippen LogP contribution in [0.15, 0.2) is 12.4 Å². The van der Waals surface area contributed by atoms with Crippen LogP contribution in [0, 0.1) is 11.8 Å². The molecule has 0 atom stereocenters. The van der Waals surface area contributed by atoms with Crippen molar-refractivity contribution in [1.29, 1.82) is 0 Å². The Kier molecular flexibility index (Phi) is 5.05. The lowest BCUT2D eigenvalue weighted by Gasteiger charge is -2.26. The van der Waals surface area contributed by atoms with Gasteiger partial charge < -0.3 is 10.4 Å². The molecule has 0 amide bonds. The van der Waals surface area contributed by atoms with E-state index in [9.17, 15) is 13.6 Å². The zero-order valence-corrected chi connectivity index (χ0v) is 11.1. The molecule has 112 valence electrons. The molecule has 0 aliphatic heterocycles. The fraction of sp³-hybridized carbons (Fsp3) is 0.692. The highest BCUT2D eigenvalue weighted by atomic mass is 19.3. The molecule has 7 heteroatoms. The topological polar surface area (TPSA) is 67.2 Å². The summed E-state index contributed by atoms with van der Waals surface area (Å²) in [4.78, 5) is 14.7. The number of halogens is 2. The smallest absolute Gasteiger partial charge is 0.319 e. The number of hydrogen-bond donors (Lipinski definition) is 2. The van der Waals surface area contributed by atoms with Crippen LogP contribution in [-0.2, 0) is 11.3 Å². The molecule has 1 aliphatic rings. The van der Waals surface area contributed by atoms with Gasteiger partial charge in [0.25, 0.3) is 0 Å². The third-order valence-electron chi connectivity index (χ3n) is 3.87. The van der Waals surface area contributed by atoms with Gasteiger partial charge >= 0.3 is 12.5 Å². The van der Waals surface area contributed by atoms with Gasteiger partial charge in [0.15, 0.2) is 0 Å². The van der Waals surface area contributed by atoms with Crippen molar-refractivity contribution in [3.8, 4) is 0 Å². The van der Waals surface area contributed by atoms with Crippen molar-refractivity contribution < 1.29 is 18.7 Å². The van der Waals surface area contributed by atoms with Crippen molar-refractivity contribution >= 4 is 5.97 Å². The molecule has 0 bridgehead atoms. The highest BCUT2D eigenvalue weighted by Crippen LogP contribution is 2.28. The number of aliphatic carboxylic acids is 1. The molecule has 2 rings (SSSR count). The SMILES string of the molecule is O=C(O)C1CCC(CNCc2nccn2C(F)F)CC1. The van der Waals surface area contributed by atoms with Crippen LogP contribution in [0.1, 0.15) is 38.1 Å². The van der Waals surface area contributed by atoms with Crippen LogP contribution in [-0.4, -0.2) is 27.2 Å². The van der Waals surface area contributed by atoms with E-state index in [1.165, 1.54) is 12.4 Å². The van der Waals surface area contributed by atoms with E-state index in [0.717, 1.165) is 17.4 Å². The van der Waals surface area contributed by atoms with Gasteiger partial charge in [-0.05, 0) is 38.1 Å². The molecule has 0 saturated heterocycles. The first-order valence-electron chi connectivity index (χ1n) is 6.81. The number of imidazole rings is 1. The van der Waals surface area contributed by atoms with Gasteiger partial charge in [-0.1, -0.05) is 0 Å². The molecule has 1 aromatic heterocycles. The fourth-order valence-electron chi connectivity index (χ4n) is 2.66. The predicted molar refractivity (Wildman–Crippen MR) is 68.3 cm³/mol. The second-order valence-electron chi connectivity index (χ2n) is 5.22. The maximum atomic E-state index is 12.6. The van der Waals surface area contributed by atoms with Gasteiger partial charge in [0, 0.05) is 12.4 Å². The van der Waals surface area contributed by atoms with E-state index in [-0.39, 0.29) is 5.92 Å². The number of carbonyl (C=O) groups is 1. The van der Waals surface area contributed by atoms with Gasteiger partial charge in [0.1, 0.15) is 5.82 Å². The molecular weight excluding hydrogens is 268 g/mol. The molecule has 1 saturated carbocycles. The maximum absolute atomic E-state index is 12.6. The van der Waals surface area contributed by atoms with Crippen molar-refractivity contribution in [2.45, 2.75) is 38.8 Å². The maximum Gasteiger partial charge on any atom is 0.319 e. The molecule has 1 aromatic rings. The Bertz CT molecular complexity index is 443. The van der Waals surface area contributed by atoms with Gasteiger partial charge in [-0.25, -0.2) is 4.98 Å². The standard InChI is InChI=1S/C13H19F2N3O2/c14-13(15)18-6-5-17-11(18)8-16-7-9-1-3-10(4-2-9)12(19)20/h5-6,9-10,13,16H,1-4,7-8H2,(H,19,20). The van der Waals surface area contributed by atoms with Crippen molar-refractivity contribution in [3.05, 3.63) is 18.2 Å². The Labute approximate surface area is 116 Å². The minimum Gasteiger partial charge on any atom is -0.481 e. The van der Waals surface area contributed by atoms with E-state index >= 15 is 0 Å².